The standard InChI is InChI=1S/C13H16BrFN2O2S.ClH/c14-8-1-4-12(15)13(5-8)20(18,19)17-11-6-9-2-3-10(7-11)16-9;/h1,4-5,9-11,16-17H,2-3,6-7H2;1H. The summed E-state index contributed by atoms with van der Waals surface area (Å²) in [7, 11) is -3.81. The van der Waals surface area contributed by atoms with E-state index in [0.29, 0.717) is 16.6 Å². The van der Waals surface area contributed by atoms with E-state index >= 15 is 0 Å². The number of fused-ring (bicyclic) bond motifs is 2. The summed E-state index contributed by atoms with van der Waals surface area (Å²) in [4.78, 5) is -0.294. The molecule has 21 heavy (non-hydrogen) atoms. The Labute approximate surface area is 138 Å². The highest BCUT2D eigenvalue weighted by atomic mass is 79.9. The van der Waals surface area contributed by atoms with Crippen LogP contribution >= 0.6 is 28.3 Å². The minimum atomic E-state index is -3.81. The minimum absolute atomic E-state index is 0. The molecule has 0 radical (unpaired) electrons. The van der Waals surface area contributed by atoms with Crippen molar-refractivity contribution in [3.05, 3.63) is 28.5 Å². The van der Waals surface area contributed by atoms with Crippen LogP contribution in [0.2, 0.25) is 0 Å². The van der Waals surface area contributed by atoms with Crippen LogP contribution in [-0.2, 0) is 10.0 Å². The van der Waals surface area contributed by atoms with Gasteiger partial charge in [-0.15, -0.1) is 12.4 Å². The first-order valence-corrected chi connectivity index (χ1v) is 8.95. The molecule has 8 heteroatoms. The number of hydrogen-bond donors (Lipinski definition) is 2. The molecule has 0 amide bonds. The molecule has 3 rings (SSSR count). The van der Waals surface area contributed by atoms with Crippen molar-refractivity contribution in [2.24, 2.45) is 0 Å². The molecule has 4 nitrogen and oxygen atoms in total. The second-order valence-corrected chi connectivity index (χ2v) is 8.10. The van der Waals surface area contributed by atoms with Gasteiger partial charge < -0.3 is 5.32 Å². The Balaban J connectivity index is 0.00000161. The van der Waals surface area contributed by atoms with Gasteiger partial charge in [-0.25, -0.2) is 17.5 Å². The quantitative estimate of drug-likeness (QED) is 0.821. The number of hydrogen-bond acceptors (Lipinski definition) is 3. The number of sulfonamides is 1. The van der Waals surface area contributed by atoms with Gasteiger partial charge in [-0.2, -0.15) is 0 Å². The molecule has 0 aliphatic carbocycles. The van der Waals surface area contributed by atoms with Crippen LogP contribution in [0.1, 0.15) is 25.7 Å². The molecule has 0 saturated carbocycles. The second kappa shape index (κ2) is 6.50. The molecule has 118 valence electrons. The molecule has 2 aliphatic heterocycles. The van der Waals surface area contributed by atoms with Gasteiger partial charge in [0.15, 0.2) is 0 Å². The summed E-state index contributed by atoms with van der Waals surface area (Å²) in [6, 6.07) is 4.59. The van der Waals surface area contributed by atoms with Crippen molar-refractivity contribution in [2.45, 2.75) is 48.7 Å². The van der Waals surface area contributed by atoms with Gasteiger partial charge in [0.1, 0.15) is 10.7 Å². The summed E-state index contributed by atoms with van der Waals surface area (Å²) >= 11 is 3.17. The third-order valence-electron chi connectivity index (χ3n) is 3.98. The summed E-state index contributed by atoms with van der Waals surface area (Å²) < 4.78 is 41.6. The molecule has 1 aromatic rings. The Morgan fingerprint density at radius 3 is 2.48 bits per heavy atom. The molecule has 1 aromatic carbocycles. The van der Waals surface area contributed by atoms with Crippen molar-refractivity contribution in [1.29, 1.82) is 0 Å². The van der Waals surface area contributed by atoms with E-state index in [2.05, 4.69) is 26.0 Å². The highest BCUT2D eigenvalue weighted by Gasteiger charge is 2.35. The van der Waals surface area contributed by atoms with Crippen LogP contribution in [0.15, 0.2) is 27.6 Å². The van der Waals surface area contributed by atoms with Gasteiger partial charge in [0.05, 0.1) is 0 Å². The first-order chi connectivity index (χ1) is 9.44. The van der Waals surface area contributed by atoms with E-state index in [-0.39, 0.29) is 23.3 Å². The zero-order chi connectivity index (χ0) is 14.3. The molecule has 2 heterocycles. The van der Waals surface area contributed by atoms with Gasteiger partial charge in [0.2, 0.25) is 10.0 Å². The maximum absolute atomic E-state index is 13.7. The van der Waals surface area contributed by atoms with Crippen molar-refractivity contribution in [2.75, 3.05) is 0 Å². The number of piperidine rings is 1. The molecular formula is C13H17BrClFN2O2S. The fourth-order valence-corrected chi connectivity index (χ4v) is 5.00. The average molecular weight is 400 g/mol. The fourth-order valence-electron chi connectivity index (χ4n) is 3.12. The van der Waals surface area contributed by atoms with Crippen LogP contribution < -0.4 is 10.0 Å². The van der Waals surface area contributed by atoms with Gasteiger partial charge >= 0.3 is 0 Å². The van der Waals surface area contributed by atoms with Gasteiger partial charge in [-0.1, -0.05) is 15.9 Å². The van der Waals surface area contributed by atoms with Gasteiger partial charge in [0.25, 0.3) is 0 Å². The number of benzene rings is 1. The minimum Gasteiger partial charge on any atom is -0.311 e. The summed E-state index contributed by atoms with van der Waals surface area (Å²) in [6.45, 7) is 0. The Morgan fingerprint density at radius 1 is 1.24 bits per heavy atom. The highest BCUT2D eigenvalue weighted by molar-refractivity contribution is 9.10. The maximum Gasteiger partial charge on any atom is 0.243 e. The molecule has 2 N–H and O–H groups in total. The molecule has 2 aliphatic rings. The molecule has 2 unspecified atom stereocenters. The zero-order valence-corrected chi connectivity index (χ0v) is 14.4. The fraction of sp³-hybridized carbons (Fsp3) is 0.538. The van der Waals surface area contributed by atoms with Crippen LogP contribution in [0, 0.1) is 5.82 Å². The average Bonchev–Trinajstić information content (AvgIpc) is 2.71. The van der Waals surface area contributed by atoms with Crippen molar-refractivity contribution >= 4 is 38.4 Å². The highest BCUT2D eigenvalue weighted by Crippen LogP contribution is 2.28. The Bertz CT molecular complexity index is 617. The van der Waals surface area contributed by atoms with Gasteiger partial charge in [-0.05, 0) is 43.9 Å². The van der Waals surface area contributed by atoms with Crippen LogP contribution in [0.5, 0.6) is 0 Å². The van der Waals surface area contributed by atoms with E-state index in [4.69, 9.17) is 0 Å². The van der Waals surface area contributed by atoms with Crippen molar-refractivity contribution in [3.8, 4) is 0 Å². The Hall–Kier alpha value is -0.210. The summed E-state index contributed by atoms with van der Waals surface area (Å²) in [5, 5.41) is 3.45. The summed E-state index contributed by atoms with van der Waals surface area (Å²) in [5.41, 5.74) is 0. The monoisotopic (exact) mass is 398 g/mol. The van der Waals surface area contributed by atoms with Crippen molar-refractivity contribution in [3.63, 3.8) is 0 Å². The normalized spacial score (nSPS) is 28.2. The van der Waals surface area contributed by atoms with E-state index in [0.717, 1.165) is 31.7 Å². The lowest BCUT2D eigenvalue weighted by molar-refractivity contribution is 0.345. The molecule has 2 bridgehead atoms. The van der Waals surface area contributed by atoms with Crippen LogP contribution in [0.3, 0.4) is 0 Å². The first kappa shape index (κ1) is 17.1. The third kappa shape index (κ3) is 3.76. The number of rotatable bonds is 3. The van der Waals surface area contributed by atoms with Crippen LogP contribution in [-0.4, -0.2) is 26.5 Å². The number of halogens is 3. The summed E-state index contributed by atoms with van der Waals surface area (Å²) in [6.07, 6.45) is 3.72. The molecule has 0 spiro atoms. The largest absolute Gasteiger partial charge is 0.311 e. The molecule has 0 aromatic heterocycles. The van der Waals surface area contributed by atoms with Gasteiger partial charge in [-0.3, -0.25) is 0 Å². The molecular weight excluding hydrogens is 383 g/mol. The Morgan fingerprint density at radius 2 is 1.86 bits per heavy atom. The smallest absolute Gasteiger partial charge is 0.243 e. The van der Waals surface area contributed by atoms with E-state index in [1.165, 1.54) is 12.1 Å². The van der Waals surface area contributed by atoms with E-state index in [1.54, 1.807) is 0 Å². The lowest BCUT2D eigenvalue weighted by Gasteiger charge is -2.29. The van der Waals surface area contributed by atoms with E-state index < -0.39 is 15.8 Å². The molecule has 2 saturated heterocycles. The van der Waals surface area contributed by atoms with Crippen molar-refractivity contribution < 1.29 is 12.8 Å². The van der Waals surface area contributed by atoms with Gasteiger partial charge in [0, 0.05) is 22.6 Å². The van der Waals surface area contributed by atoms with E-state index in [9.17, 15) is 12.8 Å². The topological polar surface area (TPSA) is 58.2 Å². The molecule has 2 fully saturated rings. The molecule has 2 atom stereocenters. The SMILES string of the molecule is Cl.O=S(=O)(NC1CC2CCC(C1)N2)c1cc(Br)ccc1F. The van der Waals surface area contributed by atoms with Crippen LogP contribution in [0.25, 0.3) is 0 Å². The zero-order valence-electron chi connectivity index (χ0n) is 11.2. The lowest BCUT2D eigenvalue weighted by Crippen LogP contribution is -2.48. The van der Waals surface area contributed by atoms with E-state index in [1.807, 2.05) is 0 Å². The Kier molecular flexibility index (Phi) is 5.31. The number of nitrogens with one attached hydrogen (secondary N) is 2. The second-order valence-electron chi connectivity index (χ2n) is 5.50. The first-order valence-electron chi connectivity index (χ1n) is 6.67. The maximum atomic E-state index is 13.7. The lowest BCUT2D eigenvalue weighted by atomic mass is 10.0. The van der Waals surface area contributed by atoms with Crippen molar-refractivity contribution in [1.82, 2.24) is 10.0 Å². The van der Waals surface area contributed by atoms with Crippen LogP contribution in [0.4, 0.5) is 4.39 Å². The predicted molar refractivity (Wildman–Crippen MR) is 84.6 cm³/mol. The third-order valence-corrected chi connectivity index (χ3v) is 6.01. The predicted octanol–water partition coefficient (Wildman–Crippen LogP) is 2.57. The summed E-state index contributed by atoms with van der Waals surface area (Å²) in [5.74, 6) is -0.724.